The summed E-state index contributed by atoms with van der Waals surface area (Å²) in [7, 11) is 0. The number of aliphatic hydroxyl groups is 2. The number of likely N-dealkylation sites (tertiary alicyclic amines) is 1. The summed E-state index contributed by atoms with van der Waals surface area (Å²) in [6.07, 6.45) is 5.80. The normalized spacial score (nSPS) is 20.2. The number of nitriles is 1. The van der Waals surface area contributed by atoms with E-state index in [4.69, 9.17) is 0 Å². The summed E-state index contributed by atoms with van der Waals surface area (Å²) in [6, 6.07) is 2.35. The molecule has 1 fully saturated rings. The molecule has 6 heteroatoms. The van der Waals surface area contributed by atoms with Gasteiger partial charge in [0.1, 0.15) is 6.10 Å². The van der Waals surface area contributed by atoms with Crippen molar-refractivity contribution in [3.8, 4) is 6.07 Å². The van der Waals surface area contributed by atoms with E-state index >= 15 is 0 Å². The number of carbonyl (C=O) groups is 2. The van der Waals surface area contributed by atoms with Gasteiger partial charge in [-0.15, -0.1) is 6.58 Å². The number of hydrogen-bond donors (Lipinski definition) is 2. The number of rotatable bonds is 7. The molecule has 0 bridgehead atoms. The van der Waals surface area contributed by atoms with Crippen molar-refractivity contribution in [2.45, 2.75) is 38.4 Å². The van der Waals surface area contributed by atoms with Crippen LogP contribution in [-0.2, 0) is 9.59 Å². The Labute approximate surface area is 142 Å². The van der Waals surface area contributed by atoms with E-state index in [1.54, 1.807) is 6.08 Å². The Morgan fingerprint density at radius 2 is 2.04 bits per heavy atom. The smallest absolute Gasteiger partial charge is 0.254 e. The van der Waals surface area contributed by atoms with Gasteiger partial charge in [0.2, 0.25) is 0 Å². The quantitative estimate of drug-likeness (QED) is 0.413. The van der Waals surface area contributed by atoms with Crippen LogP contribution in [0.5, 0.6) is 0 Å². The van der Waals surface area contributed by atoms with Crippen LogP contribution in [0.1, 0.15) is 26.2 Å². The summed E-state index contributed by atoms with van der Waals surface area (Å²) in [4.78, 5) is 23.9. The lowest BCUT2D eigenvalue weighted by Gasteiger charge is -2.38. The molecule has 1 rings (SSSR count). The number of hydrogen-bond acceptors (Lipinski definition) is 5. The predicted molar refractivity (Wildman–Crippen MR) is 89.6 cm³/mol. The van der Waals surface area contributed by atoms with Gasteiger partial charge in [0.15, 0.2) is 12.4 Å². The van der Waals surface area contributed by atoms with E-state index in [1.807, 2.05) is 25.2 Å². The van der Waals surface area contributed by atoms with E-state index < -0.39 is 23.5 Å². The fourth-order valence-electron chi connectivity index (χ4n) is 2.66. The maximum atomic E-state index is 12.1. The molecule has 1 saturated heterocycles. The van der Waals surface area contributed by atoms with Crippen molar-refractivity contribution < 1.29 is 19.8 Å². The zero-order chi connectivity index (χ0) is 18.2. The first-order valence-electron chi connectivity index (χ1n) is 7.88. The monoisotopic (exact) mass is 332 g/mol. The Morgan fingerprint density at radius 1 is 1.42 bits per heavy atom. The molecule has 1 aliphatic rings. The minimum absolute atomic E-state index is 0.133. The standard InChI is InChI=1S/C18H24N2O4/c1-3-4-5-6-7-14(2)18(13-19)8-10-20(11-9-18)17(24)16(23)15(22)12-21/h3,5-7,12,15-16,22-23H,1,4,8-11H2,2H3/b6-5?,14-7+. The number of nitrogens with zero attached hydrogens (tertiary/aromatic N) is 2. The highest BCUT2D eigenvalue weighted by atomic mass is 16.3. The maximum absolute atomic E-state index is 12.1. The van der Waals surface area contributed by atoms with Gasteiger partial charge >= 0.3 is 0 Å². The van der Waals surface area contributed by atoms with Crippen LogP contribution in [0.4, 0.5) is 0 Å². The van der Waals surface area contributed by atoms with Crippen LogP contribution in [0.15, 0.2) is 36.5 Å². The number of carbonyl (C=O) groups excluding carboxylic acids is 2. The fraction of sp³-hybridized carbons (Fsp3) is 0.500. The summed E-state index contributed by atoms with van der Waals surface area (Å²) in [6.45, 7) is 6.10. The molecule has 130 valence electrons. The highest BCUT2D eigenvalue weighted by molar-refractivity contribution is 5.84. The molecule has 2 atom stereocenters. The van der Waals surface area contributed by atoms with E-state index in [2.05, 4.69) is 12.6 Å². The van der Waals surface area contributed by atoms with Gasteiger partial charge in [0.05, 0.1) is 11.5 Å². The van der Waals surface area contributed by atoms with E-state index in [-0.39, 0.29) is 19.4 Å². The molecule has 1 heterocycles. The zero-order valence-corrected chi connectivity index (χ0v) is 13.9. The van der Waals surface area contributed by atoms with Crippen LogP contribution in [0.2, 0.25) is 0 Å². The highest BCUT2D eigenvalue weighted by Gasteiger charge is 2.39. The second-order valence-corrected chi connectivity index (χ2v) is 5.89. The molecule has 0 aromatic heterocycles. The van der Waals surface area contributed by atoms with Gasteiger partial charge < -0.3 is 19.9 Å². The summed E-state index contributed by atoms with van der Waals surface area (Å²) >= 11 is 0. The summed E-state index contributed by atoms with van der Waals surface area (Å²) in [5.41, 5.74) is 0.273. The van der Waals surface area contributed by atoms with Crippen LogP contribution in [0, 0.1) is 16.7 Å². The van der Waals surface area contributed by atoms with Gasteiger partial charge in [-0.1, -0.05) is 29.9 Å². The van der Waals surface area contributed by atoms with E-state index in [0.29, 0.717) is 12.8 Å². The lowest BCUT2D eigenvalue weighted by Crippen LogP contribution is -2.50. The summed E-state index contributed by atoms with van der Waals surface area (Å²) < 4.78 is 0. The molecule has 1 amide bonds. The number of allylic oxidation sites excluding steroid dienone is 5. The van der Waals surface area contributed by atoms with Gasteiger partial charge in [0.25, 0.3) is 5.91 Å². The molecule has 2 N–H and O–H groups in total. The molecular formula is C18H24N2O4. The van der Waals surface area contributed by atoms with E-state index in [1.165, 1.54) is 4.90 Å². The molecule has 0 spiro atoms. The van der Waals surface area contributed by atoms with E-state index in [0.717, 1.165) is 12.0 Å². The van der Waals surface area contributed by atoms with Crippen molar-refractivity contribution in [2.75, 3.05) is 13.1 Å². The fourth-order valence-corrected chi connectivity index (χ4v) is 2.66. The third-order valence-electron chi connectivity index (χ3n) is 4.40. The van der Waals surface area contributed by atoms with E-state index in [9.17, 15) is 25.1 Å². The molecule has 1 aliphatic heterocycles. The molecule has 0 aromatic carbocycles. The average Bonchev–Trinajstić information content (AvgIpc) is 2.63. The van der Waals surface area contributed by atoms with Gasteiger partial charge in [-0.25, -0.2) is 0 Å². The SMILES string of the molecule is C=CCC=C/C=C(\C)C1(C#N)CCN(C(=O)C(O)C(O)C=O)CC1. The first kappa shape index (κ1) is 19.8. The van der Waals surface area contributed by atoms with Crippen molar-refractivity contribution in [1.82, 2.24) is 4.90 Å². The van der Waals surface area contributed by atoms with Crippen molar-refractivity contribution in [1.29, 1.82) is 5.26 Å². The topological polar surface area (TPSA) is 102 Å². The maximum Gasteiger partial charge on any atom is 0.254 e. The largest absolute Gasteiger partial charge is 0.382 e. The van der Waals surface area contributed by atoms with Gasteiger partial charge in [-0.2, -0.15) is 5.26 Å². The molecule has 0 aliphatic carbocycles. The zero-order valence-electron chi connectivity index (χ0n) is 13.9. The van der Waals surface area contributed by atoms with Crippen molar-refractivity contribution >= 4 is 12.2 Å². The van der Waals surface area contributed by atoms with Gasteiger partial charge in [-0.3, -0.25) is 4.79 Å². The van der Waals surface area contributed by atoms with Gasteiger partial charge in [-0.05, 0) is 26.2 Å². The first-order chi connectivity index (χ1) is 11.4. The number of aldehydes is 1. The number of amides is 1. The number of piperidine rings is 1. The van der Waals surface area contributed by atoms with Crippen LogP contribution in [-0.4, -0.2) is 52.6 Å². The summed E-state index contributed by atoms with van der Waals surface area (Å²) in [5, 5.41) is 28.5. The Balaban J connectivity index is 2.76. The third-order valence-corrected chi connectivity index (χ3v) is 4.40. The Hall–Kier alpha value is -2.23. The van der Waals surface area contributed by atoms with Crippen LogP contribution < -0.4 is 0 Å². The molecule has 2 unspecified atom stereocenters. The third kappa shape index (κ3) is 4.63. The van der Waals surface area contributed by atoms with Crippen molar-refractivity contribution in [3.05, 3.63) is 36.5 Å². The summed E-state index contributed by atoms with van der Waals surface area (Å²) in [5.74, 6) is -0.686. The minimum Gasteiger partial charge on any atom is -0.382 e. The first-order valence-corrected chi connectivity index (χ1v) is 7.88. The molecule has 0 saturated carbocycles. The Bertz CT molecular complexity index is 566. The molecule has 6 nitrogen and oxygen atoms in total. The molecule has 0 aromatic rings. The second kappa shape index (κ2) is 9.16. The molecule has 24 heavy (non-hydrogen) atoms. The highest BCUT2D eigenvalue weighted by Crippen LogP contribution is 2.38. The van der Waals surface area contributed by atoms with Crippen LogP contribution in [0.25, 0.3) is 0 Å². The minimum atomic E-state index is -1.75. The van der Waals surface area contributed by atoms with Crippen molar-refractivity contribution in [3.63, 3.8) is 0 Å². The Kier molecular flexibility index (Phi) is 7.56. The van der Waals surface area contributed by atoms with Crippen LogP contribution in [0.3, 0.4) is 0 Å². The lowest BCUT2D eigenvalue weighted by atomic mass is 9.74. The average molecular weight is 332 g/mol. The molecule has 0 radical (unpaired) electrons. The van der Waals surface area contributed by atoms with Crippen LogP contribution >= 0.6 is 0 Å². The van der Waals surface area contributed by atoms with Crippen molar-refractivity contribution in [2.24, 2.45) is 5.41 Å². The lowest BCUT2D eigenvalue weighted by molar-refractivity contribution is -0.150. The van der Waals surface area contributed by atoms with Gasteiger partial charge in [0, 0.05) is 13.1 Å². The number of aliphatic hydroxyl groups excluding tert-OH is 2. The Morgan fingerprint density at radius 3 is 2.54 bits per heavy atom. The molecular weight excluding hydrogens is 308 g/mol. The second-order valence-electron chi connectivity index (χ2n) is 5.89. The predicted octanol–water partition coefficient (Wildman–Crippen LogP) is 1.12.